The number of hydrogen-bond donors (Lipinski definition) is 1. The molecular formula is C13H13ClF2N2O2. The Morgan fingerprint density at radius 2 is 2.00 bits per heavy atom. The van der Waals surface area contributed by atoms with E-state index in [2.05, 4.69) is 5.32 Å². The molecule has 0 aromatic heterocycles. The molecule has 2 amide bonds. The van der Waals surface area contributed by atoms with Crippen molar-refractivity contribution in [3.05, 3.63) is 34.4 Å². The van der Waals surface area contributed by atoms with E-state index >= 15 is 0 Å². The van der Waals surface area contributed by atoms with E-state index in [1.54, 1.807) is 13.8 Å². The second-order valence-electron chi connectivity index (χ2n) is 5.02. The van der Waals surface area contributed by atoms with E-state index < -0.39 is 33.7 Å². The van der Waals surface area contributed by atoms with E-state index in [0.29, 0.717) is 0 Å². The molecule has 0 spiro atoms. The molecule has 1 saturated heterocycles. The fourth-order valence-corrected chi connectivity index (χ4v) is 2.24. The fraction of sp³-hybridized carbons (Fsp3) is 0.385. The Balaban J connectivity index is 2.41. The molecule has 1 aliphatic rings. The Labute approximate surface area is 119 Å². The second kappa shape index (κ2) is 5.01. The van der Waals surface area contributed by atoms with Gasteiger partial charge in [-0.2, -0.15) is 0 Å². The standard InChI is InChI=1S/C13H13ClF2N2O2/c1-13(2)12(20)17-3-4-18(13)11(19)7-5-10(16)8(14)6-9(7)15/h5-6H,3-4H2,1-2H3,(H,17,20). The first-order chi connectivity index (χ1) is 9.25. The Morgan fingerprint density at radius 1 is 1.35 bits per heavy atom. The van der Waals surface area contributed by atoms with Gasteiger partial charge in [-0.3, -0.25) is 9.59 Å². The lowest BCUT2D eigenvalue weighted by molar-refractivity contribution is -0.133. The van der Waals surface area contributed by atoms with Crippen molar-refractivity contribution in [2.45, 2.75) is 19.4 Å². The molecule has 0 aliphatic carbocycles. The summed E-state index contributed by atoms with van der Waals surface area (Å²) in [6, 6.07) is 1.50. The highest BCUT2D eigenvalue weighted by molar-refractivity contribution is 6.30. The minimum Gasteiger partial charge on any atom is -0.352 e. The molecule has 20 heavy (non-hydrogen) atoms. The van der Waals surface area contributed by atoms with Gasteiger partial charge in [0, 0.05) is 13.1 Å². The Kier molecular flexibility index (Phi) is 3.69. The van der Waals surface area contributed by atoms with Gasteiger partial charge in [0.15, 0.2) is 0 Å². The van der Waals surface area contributed by atoms with Crippen LogP contribution in [0.4, 0.5) is 8.78 Å². The van der Waals surface area contributed by atoms with Crippen molar-refractivity contribution in [1.82, 2.24) is 10.2 Å². The van der Waals surface area contributed by atoms with Crippen LogP contribution in [-0.2, 0) is 4.79 Å². The maximum Gasteiger partial charge on any atom is 0.257 e. The third kappa shape index (κ3) is 2.35. The third-order valence-corrected chi connectivity index (χ3v) is 3.63. The molecule has 0 bridgehead atoms. The molecule has 1 fully saturated rings. The average molecular weight is 303 g/mol. The van der Waals surface area contributed by atoms with Crippen LogP contribution in [0.1, 0.15) is 24.2 Å². The number of benzene rings is 1. The van der Waals surface area contributed by atoms with E-state index in [1.165, 1.54) is 4.90 Å². The highest BCUT2D eigenvalue weighted by atomic mass is 35.5. The molecule has 2 rings (SSSR count). The van der Waals surface area contributed by atoms with Crippen molar-refractivity contribution in [1.29, 1.82) is 0 Å². The summed E-state index contributed by atoms with van der Waals surface area (Å²) in [6.45, 7) is 3.58. The average Bonchev–Trinajstić information content (AvgIpc) is 2.36. The van der Waals surface area contributed by atoms with Gasteiger partial charge < -0.3 is 10.2 Å². The molecule has 1 aromatic carbocycles. The van der Waals surface area contributed by atoms with Gasteiger partial charge in [0.1, 0.15) is 17.2 Å². The molecule has 1 aromatic rings. The predicted octanol–water partition coefficient (Wildman–Crippen LogP) is 1.97. The number of amides is 2. The molecule has 0 radical (unpaired) electrons. The number of halogens is 3. The summed E-state index contributed by atoms with van der Waals surface area (Å²) in [5.41, 5.74) is -1.56. The van der Waals surface area contributed by atoms with Crippen molar-refractivity contribution in [2.24, 2.45) is 0 Å². The lowest BCUT2D eigenvalue weighted by Crippen LogP contribution is -2.63. The summed E-state index contributed by atoms with van der Waals surface area (Å²) < 4.78 is 27.2. The third-order valence-electron chi connectivity index (χ3n) is 3.34. The number of nitrogens with zero attached hydrogens (tertiary/aromatic N) is 1. The van der Waals surface area contributed by atoms with Gasteiger partial charge in [0.2, 0.25) is 5.91 Å². The molecular weight excluding hydrogens is 290 g/mol. The first kappa shape index (κ1) is 14.7. The van der Waals surface area contributed by atoms with Crippen molar-refractivity contribution < 1.29 is 18.4 Å². The van der Waals surface area contributed by atoms with Crippen LogP contribution >= 0.6 is 11.6 Å². The zero-order valence-corrected chi connectivity index (χ0v) is 11.7. The van der Waals surface area contributed by atoms with Crippen LogP contribution in [0.5, 0.6) is 0 Å². The topological polar surface area (TPSA) is 49.4 Å². The van der Waals surface area contributed by atoms with E-state index in [4.69, 9.17) is 11.6 Å². The van der Waals surface area contributed by atoms with Crippen molar-refractivity contribution in [3.63, 3.8) is 0 Å². The van der Waals surface area contributed by atoms with Crippen molar-refractivity contribution in [3.8, 4) is 0 Å². The Hall–Kier alpha value is -1.69. The number of rotatable bonds is 1. The van der Waals surface area contributed by atoms with Gasteiger partial charge in [-0.15, -0.1) is 0 Å². The molecule has 1 aliphatic heterocycles. The van der Waals surface area contributed by atoms with Gasteiger partial charge in [-0.1, -0.05) is 11.6 Å². The van der Waals surface area contributed by atoms with Crippen molar-refractivity contribution in [2.75, 3.05) is 13.1 Å². The van der Waals surface area contributed by atoms with Crippen LogP contribution in [0, 0.1) is 11.6 Å². The number of nitrogens with one attached hydrogen (secondary N) is 1. The Morgan fingerprint density at radius 3 is 2.65 bits per heavy atom. The molecule has 4 nitrogen and oxygen atoms in total. The van der Waals surface area contributed by atoms with Gasteiger partial charge in [0.05, 0.1) is 10.6 Å². The number of carbonyl (C=O) groups is 2. The van der Waals surface area contributed by atoms with E-state index in [0.717, 1.165) is 12.1 Å². The molecule has 108 valence electrons. The van der Waals surface area contributed by atoms with E-state index in [9.17, 15) is 18.4 Å². The molecule has 1 N–H and O–H groups in total. The highest BCUT2D eigenvalue weighted by Gasteiger charge is 2.41. The second-order valence-corrected chi connectivity index (χ2v) is 5.43. The smallest absolute Gasteiger partial charge is 0.257 e. The maximum atomic E-state index is 13.8. The maximum absolute atomic E-state index is 13.8. The zero-order valence-electron chi connectivity index (χ0n) is 11.0. The van der Waals surface area contributed by atoms with Gasteiger partial charge in [0.25, 0.3) is 5.91 Å². The van der Waals surface area contributed by atoms with Crippen LogP contribution in [-0.4, -0.2) is 35.3 Å². The van der Waals surface area contributed by atoms with E-state index in [1.807, 2.05) is 0 Å². The zero-order chi connectivity index (χ0) is 15.1. The monoisotopic (exact) mass is 302 g/mol. The summed E-state index contributed by atoms with van der Waals surface area (Å²) in [5, 5.41) is 2.23. The van der Waals surface area contributed by atoms with Crippen LogP contribution < -0.4 is 5.32 Å². The van der Waals surface area contributed by atoms with Gasteiger partial charge >= 0.3 is 0 Å². The molecule has 0 atom stereocenters. The van der Waals surface area contributed by atoms with Crippen LogP contribution in [0.25, 0.3) is 0 Å². The Bertz CT molecular complexity index is 590. The lowest BCUT2D eigenvalue weighted by Gasteiger charge is -2.41. The quantitative estimate of drug-likeness (QED) is 0.806. The fourth-order valence-electron chi connectivity index (χ4n) is 2.09. The minimum absolute atomic E-state index is 0.223. The largest absolute Gasteiger partial charge is 0.352 e. The van der Waals surface area contributed by atoms with Gasteiger partial charge in [-0.25, -0.2) is 8.78 Å². The minimum atomic E-state index is -1.13. The summed E-state index contributed by atoms with van der Waals surface area (Å²) >= 11 is 5.45. The summed E-state index contributed by atoms with van der Waals surface area (Å²) in [6.07, 6.45) is 0. The van der Waals surface area contributed by atoms with Gasteiger partial charge in [-0.05, 0) is 26.0 Å². The summed E-state index contributed by atoms with van der Waals surface area (Å²) in [4.78, 5) is 25.3. The predicted molar refractivity (Wildman–Crippen MR) is 69.5 cm³/mol. The van der Waals surface area contributed by atoms with Crippen LogP contribution in [0.15, 0.2) is 12.1 Å². The molecule has 7 heteroatoms. The molecule has 0 unspecified atom stereocenters. The number of carbonyl (C=O) groups excluding carboxylic acids is 2. The SMILES string of the molecule is CC1(C)C(=O)NCCN1C(=O)c1cc(F)c(Cl)cc1F. The lowest BCUT2D eigenvalue weighted by atomic mass is 9.97. The summed E-state index contributed by atoms with van der Waals surface area (Å²) in [5.74, 6) is -2.87. The summed E-state index contributed by atoms with van der Waals surface area (Å²) in [7, 11) is 0. The molecule has 0 saturated carbocycles. The number of hydrogen-bond acceptors (Lipinski definition) is 2. The normalized spacial score (nSPS) is 17.9. The van der Waals surface area contributed by atoms with E-state index in [-0.39, 0.29) is 19.0 Å². The first-order valence-corrected chi connectivity index (χ1v) is 6.37. The van der Waals surface area contributed by atoms with Crippen molar-refractivity contribution >= 4 is 23.4 Å². The number of piperazine rings is 1. The van der Waals surface area contributed by atoms with Crippen LogP contribution in [0.2, 0.25) is 5.02 Å². The highest BCUT2D eigenvalue weighted by Crippen LogP contribution is 2.25. The van der Waals surface area contributed by atoms with Crippen LogP contribution in [0.3, 0.4) is 0 Å². The first-order valence-electron chi connectivity index (χ1n) is 6.00. The molecule has 1 heterocycles.